The van der Waals surface area contributed by atoms with E-state index in [1.54, 1.807) is 6.92 Å². The van der Waals surface area contributed by atoms with Gasteiger partial charge < -0.3 is 0 Å². The van der Waals surface area contributed by atoms with Crippen LogP contribution in [0.15, 0.2) is 0 Å². The van der Waals surface area contributed by atoms with Crippen molar-refractivity contribution >= 4 is 5.78 Å². The predicted octanol–water partition coefficient (Wildman–Crippen LogP) is 1.91. The van der Waals surface area contributed by atoms with Gasteiger partial charge in [0.2, 0.25) is 0 Å². The monoisotopic (exact) mass is 139 g/mol. The summed E-state index contributed by atoms with van der Waals surface area (Å²) in [6.45, 7) is 3.56. The molecule has 0 amide bonds. The quantitative estimate of drug-likeness (QED) is 0.597. The fourth-order valence-corrected chi connectivity index (χ4v) is 0.934. The summed E-state index contributed by atoms with van der Waals surface area (Å²) >= 11 is 0. The van der Waals surface area contributed by atoms with Gasteiger partial charge in [-0.15, -0.1) is 0 Å². The van der Waals surface area contributed by atoms with Crippen LogP contribution in [0.1, 0.15) is 33.1 Å². The number of carbonyl (C=O) groups excluding carboxylic acids is 1. The van der Waals surface area contributed by atoms with E-state index in [2.05, 4.69) is 0 Å². The first-order valence-electron chi connectivity index (χ1n) is 3.59. The summed E-state index contributed by atoms with van der Waals surface area (Å²) in [7, 11) is 0. The van der Waals surface area contributed by atoms with Crippen LogP contribution in [-0.2, 0) is 4.79 Å². The van der Waals surface area contributed by atoms with Crippen LogP contribution in [0.4, 0.5) is 0 Å². The summed E-state index contributed by atoms with van der Waals surface area (Å²) in [5.41, 5.74) is 0. The highest BCUT2D eigenvalue weighted by molar-refractivity contribution is 5.78. The van der Waals surface area contributed by atoms with Crippen molar-refractivity contribution in [3.05, 3.63) is 0 Å². The minimum atomic E-state index is 0.111. The van der Waals surface area contributed by atoms with E-state index in [4.69, 9.17) is 5.26 Å². The van der Waals surface area contributed by atoms with Gasteiger partial charge in [0.1, 0.15) is 5.78 Å². The smallest absolute Gasteiger partial charge is 0.132 e. The lowest BCUT2D eigenvalue weighted by Gasteiger charge is -2.06. The highest BCUT2D eigenvalue weighted by Gasteiger charge is 2.09. The van der Waals surface area contributed by atoms with Crippen molar-refractivity contribution in [2.24, 2.45) is 5.92 Å². The van der Waals surface area contributed by atoms with Crippen molar-refractivity contribution in [1.82, 2.24) is 0 Å². The molecule has 0 saturated heterocycles. The molecule has 0 aliphatic heterocycles. The molecule has 0 aliphatic rings. The van der Waals surface area contributed by atoms with Crippen LogP contribution >= 0.6 is 0 Å². The molecule has 56 valence electrons. The zero-order valence-corrected chi connectivity index (χ0v) is 6.55. The standard InChI is InChI=1S/C8H13NO/c1-3-8(7(2)10)5-4-6-9/h8H,3-5H2,1-2H3. The van der Waals surface area contributed by atoms with Crippen LogP contribution in [0, 0.1) is 17.2 Å². The summed E-state index contributed by atoms with van der Waals surface area (Å²) < 4.78 is 0. The molecule has 0 N–H and O–H groups in total. The van der Waals surface area contributed by atoms with Crippen molar-refractivity contribution in [2.75, 3.05) is 0 Å². The largest absolute Gasteiger partial charge is 0.300 e. The van der Waals surface area contributed by atoms with E-state index in [0.717, 1.165) is 12.8 Å². The molecule has 0 aromatic carbocycles. The molecule has 0 fully saturated rings. The molecule has 0 aliphatic carbocycles. The van der Waals surface area contributed by atoms with E-state index in [1.807, 2.05) is 13.0 Å². The maximum absolute atomic E-state index is 10.8. The molecule has 0 rings (SSSR count). The molecule has 0 bridgehead atoms. The maximum atomic E-state index is 10.8. The van der Waals surface area contributed by atoms with Crippen molar-refractivity contribution in [3.63, 3.8) is 0 Å². The lowest BCUT2D eigenvalue weighted by Crippen LogP contribution is -2.08. The highest BCUT2D eigenvalue weighted by atomic mass is 16.1. The Bertz CT molecular complexity index is 146. The van der Waals surface area contributed by atoms with Gasteiger partial charge in [-0.2, -0.15) is 5.26 Å². The third-order valence-corrected chi connectivity index (χ3v) is 1.67. The number of hydrogen-bond acceptors (Lipinski definition) is 2. The first-order valence-corrected chi connectivity index (χ1v) is 3.59. The van der Waals surface area contributed by atoms with E-state index < -0.39 is 0 Å². The lowest BCUT2D eigenvalue weighted by molar-refractivity contribution is -0.120. The Hall–Kier alpha value is -0.840. The lowest BCUT2D eigenvalue weighted by atomic mass is 9.97. The first kappa shape index (κ1) is 9.16. The average Bonchev–Trinajstić information content (AvgIpc) is 1.89. The third kappa shape index (κ3) is 3.24. The van der Waals surface area contributed by atoms with Gasteiger partial charge in [-0.3, -0.25) is 4.79 Å². The molecule has 0 radical (unpaired) electrons. The highest BCUT2D eigenvalue weighted by Crippen LogP contribution is 2.10. The van der Waals surface area contributed by atoms with Crippen LogP contribution in [0.2, 0.25) is 0 Å². The number of nitriles is 1. The normalized spacial score (nSPS) is 12.1. The van der Waals surface area contributed by atoms with Crippen molar-refractivity contribution in [1.29, 1.82) is 5.26 Å². The SMILES string of the molecule is CCC(CCC#N)C(C)=O. The minimum absolute atomic E-state index is 0.111. The summed E-state index contributed by atoms with van der Waals surface area (Å²) in [5.74, 6) is 0.317. The molecular formula is C8H13NO. The van der Waals surface area contributed by atoms with Crippen LogP contribution < -0.4 is 0 Å². The topological polar surface area (TPSA) is 40.9 Å². The van der Waals surface area contributed by atoms with Gasteiger partial charge in [-0.1, -0.05) is 6.92 Å². The van der Waals surface area contributed by atoms with Crippen LogP contribution in [0.3, 0.4) is 0 Å². The minimum Gasteiger partial charge on any atom is -0.300 e. The van der Waals surface area contributed by atoms with E-state index >= 15 is 0 Å². The summed E-state index contributed by atoms with van der Waals surface area (Å²) in [5, 5.41) is 8.23. The Labute approximate surface area is 61.8 Å². The van der Waals surface area contributed by atoms with Crippen LogP contribution in [-0.4, -0.2) is 5.78 Å². The maximum Gasteiger partial charge on any atom is 0.132 e. The second-order valence-electron chi connectivity index (χ2n) is 2.41. The Morgan fingerprint density at radius 2 is 2.30 bits per heavy atom. The van der Waals surface area contributed by atoms with Crippen molar-refractivity contribution < 1.29 is 4.79 Å². The second kappa shape index (κ2) is 4.99. The Kier molecular flexibility index (Phi) is 4.57. The van der Waals surface area contributed by atoms with Gasteiger partial charge in [0.15, 0.2) is 0 Å². The zero-order chi connectivity index (χ0) is 7.98. The van der Waals surface area contributed by atoms with Gasteiger partial charge >= 0.3 is 0 Å². The second-order valence-corrected chi connectivity index (χ2v) is 2.41. The fraction of sp³-hybridized carbons (Fsp3) is 0.750. The third-order valence-electron chi connectivity index (χ3n) is 1.67. The Morgan fingerprint density at radius 3 is 2.60 bits per heavy atom. The van der Waals surface area contributed by atoms with E-state index in [-0.39, 0.29) is 11.7 Å². The number of nitrogens with zero attached hydrogens (tertiary/aromatic N) is 1. The molecule has 2 nitrogen and oxygen atoms in total. The Balaban J connectivity index is 3.63. The molecule has 0 saturated carbocycles. The average molecular weight is 139 g/mol. The van der Waals surface area contributed by atoms with Gasteiger partial charge in [0.25, 0.3) is 0 Å². The summed E-state index contributed by atoms with van der Waals surface area (Å²) in [6, 6.07) is 2.04. The zero-order valence-electron chi connectivity index (χ0n) is 6.55. The molecule has 0 aromatic rings. The molecule has 1 atom stereocenters. The predicted molar refractivity (Wildman–Crippen MR) is 39.3 cm³/mol. The number of Topliss-reactive ketones (excluding diaryl/α,β-unsaturated/α-hetero) is 1. The van der Waals surface area contributed by atoms with Crippen LogP contribution in [0.5, 0.6) is 0 Å². The molecule has 0 aromatic heterocycles. The fourth-order valence-electron chi connectivity index (χ4n) is 0.934. The van der Waals surface area contributed by atoms with Gasteiger partial charge in [-0.05, 0) is 19.8 Å². The summed E-state index contributed by atoms with van der Waals surface area (Å²) in [6.07, 6.45) is 2.08. The molecule has 10 heavy (non-hydrogen) atoms. The van der Waals surface area contributed by atoms with E-state index in [0.29, 0.717) is 6.42 Å². The molecule has 0 spiro atoms. The summed E-state index contributed by atoms with van der Waals surface area (Å²) in [4.78, 5) is 10.8. The van der Waals surface area contributed by atoms with Crippen molar-refractivity contribution in [2.45, 2.75) is 33.1 Å². The molecule has 0 heterocycles. The molecule has 2 heteroatoms. The van der Waals surface area contributed by atoms with Gasteiger partial charge in [0, 0.05) is 12.3 Å². The molecule has 1 unspecified atom stereocenters. The number of rotatable bonds is 4. The van der Waals surface area contributed by atoms with Gasteiger partial charge in [-0.25, -0.2) is 0 Å². The number of ketones is 1. The van der Waals surface area contributed by atoms with E-state index in [9.17, 15) is 4.79 Å². The Morgan fingerprint density at radius 1 is 1.70 bits per heavy atom. The number of carbonyl (C=O) groups is 1. The van der Waals surface area contributed by atoms with Gasteiger partial charge in [0.05, 0.1) is 6.07 Å². The first-order chi connectivity index (χ1) is 4.72. The van der Waals surface area contributed by atoms with E-state index in [1.165, 1.54) is 0 Å². The van der Waals surface area contributed by atoms with Crippen molar-refractivity contribution in [3.8, 4) is 6.07 Å². The van der Waals surface area contributed by atoms with Crippen LogP contribution in [0.25, 0.3) is 0 Å². The number of hydrogen-bond donors (Lipinski definition) is 0. The molecular weight excluding hydrogens is 126 g/mol.